The SMILES string of the molecule is CC(C)c1ccc(NC(=O)[C@H]2CC(=O)NC(N3CC[NH+](C)CC3)=N2)cc1. The highest BCUT2D eigenvalue weighted by atomic mass is 16.2. The Hall–Kier alpha value is -2.41. The van der Waals surface area contributed by atoms with E-state index in [4.69, 9.17) is 0 Å². The first kappa shape index (κ1) is 18.4. The highest BCUT2D eigenvalue weighted by molar-refractivity contribution is 6.05. The molecule has 7 heteroatoms. The number of rotatable bonds is 3. The molecule has 1 saturated heterocycles. The van der Waals surface area contributed by atoms with Crippen LogP contribution in [0.5, 0.6) is 0 Å². The number of nitrogens with one attached hydrogen (secondary N) is 3. The van der Waals surface area contributed by atoms with Crippen LogP contribution in [0, 0.1) is 0 Å². The Morgan fingerprint density at radius 3 is 2.54 bits per heavy atom. The maximum atomic E-state index is 12.6. The molecule has 1 aromatic carbocycles. The van der Waals surface area contributed by atoms with Crippen LogP contribution in [0.1, 0.15) is 31.7 Å². The standard InChI is InChI=1S/C19H27N5O2/c1-13(2)14-4-6-15(7-5-14)20-18(26)16-12-17(25)22-19(21-16)24-10-8-23(3)9-11-24/h4-7,13,16H,8-12H2,1-3H3,(H,20,26)(H,21,22,25)/p+1/t16-/m1/s1. The first-order valence-electron chi connectivity index (χ1n) is 9.27. The number of likely N-dealkylation sites (N-methyl/N-ethyl adjacent to an activating group) is 1. The van der Waals surface area contributed by atoms with Gasteiger partial charge < -0.3 is 15.1 Å². The molecule has 0 aliphatic carbocycles. The summed E-state index contributed by atoms with van der Waals surface area (Å²) < 4.78 is 0. The van der Waals surface area contributed by atoms with Crippen LogP contribution in [-0.4, -0.2) is 61.9 Å². The third kappa shape index (κ3) is 4.40. The molecule has 3 rings (SSSR count). The minimum absolute atomic E-state index is 0.0817. The maximum Gasteiger partial charge on any atom is 0.249 e. The third-order valence-electron chi connectivity index (χ3n) is 4.97. The summed E-state index contributed by atoms with van der Waals surface area (Å²) in [5, 5.41) is 5.70. The summed E-state index contributed by atoms with van der Waals surface area (Å²) in [6.45, 7) is 7.91. The first-order chi connectivity index (χ1) is 12.4. The second-order valence-corrected chi connectivity index (χ2v) is 7.43. The van der Waals surface area contributed by atoms with E-state index in [1.807, 2.05) is 24.3 Å². The Labute approximate surface area is 154 Å². The van der Waals surface area contributed by atoms with Gasteiger partial charge in [0.1, 0.15) is 6.04 Å². The van der Waals surface area contributed by atoms with Crippen LogP contribution in [0.15, 0.2) is 29.3 Å². The van der Waals surface area contributed by atoms with Crippen molar-refractivity contribution in [3.05, 3.63) is 29.8 Å². The Bertz CT molecular complexity index is 690. The molecule has 1 fully saturated rings. The fourth-order valence-electron chi connectivity index (χ4n) is 3.17. The minimum Gasteiger partial charge on any atom is -0.334 e. The highest BCUT2D eigenvalue weighted by Gasteiger charge is 2.30. The van der Waals surface area contributed by atoms with E-state index in [0.717, 1.165) is 31.9 Å². The van der Waals surface area contributed by atoms with Crippen LogP contribution >= 0.6 is 0 Å². The summed E-state index contributed by atoms with van der Waals surface area (Å²) in [6.07, 6.45) is 0.0817. The zero-order chi connectivity index (χ0) is 18.7. The lowest BCUT2D eigenvalue weighted by Crippen LogP contribution is -3.12. The quantitative estimate of drug-likeness (QED) is 0.702. The number of nitrogens with zero attached hydrogens (tertiary/aromatic N) is 2. The largest absolute Gasteiger partial charge is 0.334 e. The van der Waals surface area contributed by atoms with Gasteiger partial charge in [0.15, 0.2) is 0 Å². The van der Waals surface area contributed by atoms with Crippen LogP contribution in [0.25, 0.3) is 0 Å². The molecule has 0 saturated carbocycles. The average Bonchev–Trinajstić information content (AvgIpc) is 2.62. The van der Waals surface area contributed by atoms with Gasteiger partial charge in [0.05, 0.1) is 39.6 Å². The van der Waals surface area contributed by atoms with E-state index in [1.165, 1.54) is 10.5 Å². The summed E-state index contributed by atoms with van der Waals surface area (Å²) >= 11 is 0. The van der Waals surface area contributed by atoms with Crippen LogP contribution in [-0.2, 0) is 9.59 Å². The van der Waals surface area contributed by atoms with Crippen LogP contribution in [0.2, 0.25) is 0 Å². The van der Waals surface area contributed by atoms with E-state index in [9.17, 15) is 9.59 Å². The number of aliphatic imine (C=N–C) groups is 1. The van der Waals surface area contributed by atoms with Gasteiger partial charge in [-0.05, 0) is 23.6 Å². The molecular formula is C19H28N5O2+. The number of hydrogen-bond acceptors (Lipinski definition) is 4. The molecule has 0 unspecified atom stereocenters. The molecule has 1 aromatic rings. The van der Waals surface area contributed by atoms with E-state index in [-0.39, 0.29) is 18.2 Å². The number of quaternary nitrogens is 1. The number of anilines is 1. The van der Waals surface area contributed by atoms with Crippen LogP contribution in [0.3, 0.4) is 0 Å². The number of carbonyl (C=O) groups excluding carboxylic acids is 2. The number of guanidine groups is 1. The van der Waals surface area contributed by atoms with Crippen molar-refractivity contribution in [1.29, 1.82) is 0 Å². The summed E-state index contributed by atoms with van der Waals surface area (Å²) in [7, 11) is 2.15. The second kappa shape index (κ2) is 7.86. The van der Waals surface area contributed by atoms with Crippen molar-refractivity contribution in [2.45, 2.75) is 32.2 Å². The predicted molar refractivity (Wildman–Crippen MR) is 101 cm³/mol. The van der Waals surface area contributed by atoms with E-state index in [1.54, 1.807) is 0 Å². The summed E-state index contributed by atoms with van der Waals surface area (Å²) in [5.41, 5.74) is 1.95. The Morgan fingerprint density at radius 2 is 1.92 bits per heavy atom. The Morgan fingerprint density at radius 1 is 1.27 bits per heavy atom. The van der Waals surface area contributed by atoms with Crippen molar-refractivity contribution in [1.82, 2.24) is 10.2 Å². The molecule has 3 N–H and O–H groups in total. The zero-order valence-corrected chi connectivity index (χ0v) is 15.7. The lowest BCUT2D eigenvalue weighted by atomic mass is 10.0. The summed E-state index contributed by atoms with van der Waals surface area (Å²) in [4.78, 5) is 32.7. The topological polar surface area (TPSA) is 78.2 Å². The van der Waals surface area contributed by atoms with Crippen molar-refractivity contribution in [2.75, 3.05) is 38.5 Å². The average molecular weight is 358 g/mol. The van der Waals surface area contributed by atoms with E-state index < -0.39 is 6.04 Å². The molecule has 0 bridgehead atoms. The van der Waals surface area contributed by atoms with Gasteiger partial charge >= 0.3 is 0 Å². The normalized spacial score (nSPS) is 21.4. The lowest BCUT2D eigenvalue weighted by Gasteiger charge is -2.34. The predicted octanol–water partition coefficient (Wildman–Crippen LogP) is -0.177. The van der Waals surface area contributed by atoms with Gasteiger partial charge in [-0.2, -0.15) is 0 Å². The number of amides is 2. The molecule has 2 amide bonds. The molecule has 140 valence electrons. The number of hydrogen-bond donors (Lipinski definition) is 3. The van der Waals surface area contributed by atoms with E-state index >= 15 is 0 Å². The van der Waals surface area contributed by atoms with E-state index in [2.05, 4.69) is 41.4 Å². The molecule has 0 radical (unpaired) electrons. The number of carbonyl (C=O) groups is 2. The number of piperazine rings is 1. The van der Waals surface area contributed by atoms with Gasteiger partial charge in [-0.1, -0.05) is 26.0 Å². The van der Waals surface area contributed by atoms with Gasteiger partial charge in [-0.3, -0.25) is 14.9 Å². The summed E-state index contributed by atoms with van der Waals surface area (Å²) in [5.74, 6) is 0.578. The smallest absolute Gasteiger partial charge is 0.249 e. The monoisotopic (exact) mass is 358 g/mol. The van der Waals surface area contributed by atoms with Gasteiger partial charge in [-0.25, -0.2) is 4.99 Å². The van der Waals surface area contributed by atoms with Crippen molar-refractivity contribution >= 4 is 23.5 Å². The molecule has 0 spiro atoms. The van der Waals surface area contributed by atoms with Crippen molar-refractivity contribution < 1.29 is 14.5 Å². The van der Waals surface area contributed by atoms with E-state index in [0.29, 0.717) is 11.9 Å². The Kier molecular flexibility index (Phi) is 5.56. The molecule has 7 nitrogen and oxygen atoms in total. The second-order valence-electron chi connectivity index (χ2n) is 7.43. The molecule has 2 aliphatic rings. The fraction of sp³-hybridized carbons (Fsp3) is 0.526. The molecule has 26 heavy (non-hydrogen) atoms. The highest BCUT2D eigenvalue weighted by Crippen LogP contribution is 2.18. The fourth-order valence-corrected chi connectivity index (χ4v) is 3.17. The lowest BCUT2D eigenvalue weighted by molar-refractivity contribution is -0.883. The van der Waals surface area contributed by atoms with Gasteiger partial charge in [-0.15, -0.1) is 0 Å². The molecule has 0 aromatic heterocycles. The van der Waals surface area contributed by atoms with Gasteiger partial charge in [0.25, 0.3) is 0 Å². The van der Waals surface area contributed by atoms with Gasteiger partial charge in [0, 0.05) is 5.69 Å². The third-order valence-corrected chi connectivity index (χ3v) is 4.97. The summed E-state index contributed by atoms with van der Waals surface area (Å²) in [6, 6.07) is 7.12. The van der Waals surface area contributed by atoms with Crippen molar-refractivity contribution in [2.24, 2.45) is 4.99 Å². The first-order valence-corrected chi connectivity index (χ1v) is 9.27. The van der Waals surface area contributed by atoms with Gasteiger partial charge in [0.2, 0.25) is 17.8 Å². The Balaban J connectivity index is 1.67. The maximum absolute atomic E-state index is 12.6. The molecule has 2 heterocycles. The minimum atomic E-state index is -0.685. The van der Waals surface area contributed by atoms with Crippen LogP contribution < -0.4 is 15.5 Å². The molecular weight excluding hydrogens is 330 g/mol. The molecule has 2 aliphatic heterocycles. The zero-order valence-electron chi connectivity index (χ0n) is 15.7. The van der Waals surface area contributed by atoms with Crippen molar-refractivity contribution in [3.63, 3.8) is 0 Å². The van der Waals surface area contributed by atoms with Crippen LogP contribution in [0.4, 0.5) is 5.69 Å². The molecule has 1 atom stereocenters. The van der Waals surface area contributed by atoms with Crippen molar-refractivity contribution in [3.8, 4) is 0 Å². The number of benzene rings is 1.